The van der Waals surface area contributed by atoms with Gasteiger partial charge in [0.05, 0.1) is 5.52 Å². The molecule has 3 aromatic rings. The average Bonchev–Trinajstić information content (AvgIpc) is 3.15. The van der Waals surface area contributed by atoms with E-state index < -0.39 is 11.8 Å². The van der Waals surface area contributed by atoms with Crippen LogP contribution in [0.15, 0.2) is 36.5 Å². The number of hydrogen-bond acceptors (Lipinski definition) is 4. The van der Waals surface area contributed by atoms with Crippen LogP contribution in [0.3, 0.4) is 0 Å². The summed E-state index contributed by atoms with van der Waals surface area (Å²) in [7, 11) is 0. The van der Waals surface area contributed by atoms with E-state index in [4.69, 9.17) is 4.74 Å². The highest BCUT2D eigenvalue weighted by atomic mass is 19.1. The topological polar surface area (TPSA) is 38.2 Å². The number of fused-ring (bicyclic) bond motifs is 1. The van der Waals surface area contributed by atoms with Gasteiger partial charge in [-0.15, -0.1) is 0 Å². The van der Waals surface area contributed by atoms with Crippen molar-refractivity contribution in [1.29, 1.82) is 0 Å². The van der Waals surface area contributed by atoms with Crippen LogP contribution in [0.2, 0.25) is 0 Å². The second-order valence-corrected chi connectivity index (χ2v) is 6.52. The van der Waals surface area contributed by atoms with Crippen LogP contribution in [0.1, 0.15) is 24.1 Å². The molecule has 134 valence electrons. The molecule has 0 unspecified atom stereocenters. The first-order chi connectivity index (χ1) is 12.6. The van der Waals surface area contributed by atoms with E-state index in [-0.39, 0.29) is 17.9 Å². The number of benzene rings is 1. The van der Waals surface area contributed by atoms with Crippen LogP contribution >= 0.6 is 0 Å². The van der Waals surface area contributed by atoms with Crippen molar-refractivity contribution in [3.05, 3.63) is 59.6 Å². The average molecular weight is 355 g/mol. The van der Waals surface area contributed by atoms with Crippen LogP contribution in [0.25, 0.3) is 10.9 Å². The molecule has 1 saturated heterocycles. The predicted octanol–water partition coefficient (Wildman–Crippen LogP) is 4.40. The van der Waals surface area contributed by atoms with Crippen molar-refractivity contribution < 1.29 is 13.5 Å². The number of ether oxygens (including phenoxy) is 1. The number of aryl methyl sites for hydroxylation is 1. The lowest BCUT2D eigenvalue weighted by molar-refractivity contribution is 0.283. The van der Waals surface area contributed by atoms with Gasteiger partial charge in [-0.05, 0) is 44.0 Å². The Hall–Kier alpha value is -2.76. The quantitative estimate of drug-likeness (QED) is 0.651. The van der Waals surface area contributed by atoms with Crippen LogP contribution in [-0.4, -0.2) is 23.1 Å². The Morgan fingerprint density at radius 3 is 2.73 bits per heavy atom. The number of nitrogens with zero attached hydrogens (tertiary/aromatic N) is 3. The molecule has 0 saturated carbocycles. The molecule has 4 rings (SSSR count). The third-order valence-electron chi connectivity index (χ3n) is 4.63. The Kier molecular flexibility index (Phi) is 4.41. The van der Waals surface area contributed by atoms with Crippen molar-refractivity contribution in [2.45, 2.75) is 26.4 Å². The number of halogens is 2. The summed E-state index contributed by atoms with van der Waals surface area (Å²) in [5.74, 6) is -1.03. The van der Waals surface area contributed by atoms with Crippen LogP contribution in [0.4, 0.5) is 14.5 Å². The Morgan fingerprint density at radius 1 is 1.15 bits per heavy atom. The fourth-order valence-corrected chi connectivity index (χ4v) is 3.35. The van der Waals surface area contributed by atoms with Gasteiger partial charge in [0, 0.05) is 47.7 Å². The van der Waals surface area contributed by atoms with E-state index in [0.717, 1.165) is 42.7 Å². The first-order valence-corrected chi connectivity index (χ1v) is 8.70. The van der Waals surface area contributed by atoms with Crippen LogP contribution in [0.5, 0.6) is 5.75 Å². The Morgan fingerprint density at radius 2 is 1.96 bits per heavy atom. The van der Waals surface area contributed by atoms with Crippen molar-refractivity contribution in [1.82, 2.24) is 9.97 Å². The maximum atomic E-state index is 14.6. The minimum absolute atomic E-state index is 0.0613. The van der Waals surface area contributed by atoms with Crippen LogP contribution in [-0.2, 0) is 6.61 Å². The Labute approximate surface area is 150 Å². The lowest BCUT2D eigenvalue weighted by Gasteiger charge is -2.20. The molecule has 1 aliphatic rings. The number of hydrogen-bond donors (Lipinski definition) is 0. The van der Waals surface area contributed by atoms with Crippen LogP contribution in [0, 0.1) is 18.7 Å². The van der Waals surface area contributed by atoms with E-state index >= 15 is 0 Å². The fraction of sp³-hybridized carbons (Fsp3) is 0.300. The molecule has 0 atom stereocenters. The fourth-order valence-electron chi connectivity index (χ4n) is 3.35. The molecule has 1 aliphatic heterocycles. The molecular weight excluding hydrogens is 336 g/mol. The maximum Gasteiger partial charge on any atom is 0.219 e. The second-order valence-electron chi connectivity index (χ2n) is 6.52. The predicted molar refractivity (Wildman–Crippen MR) is 96.4 cm³/mol. The van der Waals surface area contributed by atoms with Gasteiger partial charge >= 0.3 is 0 Å². The summed E-state index contributed by atoms with van der Waals surface area (Å²) in [6, 6.07) is 8.23. The highest BCUT2D eigenvalue weighted by Crippen LogP contribution is 2.33. The summed E-state index contributed by atoms with van der Waals surface area (Å²) in [6.45, 7) is 3.78. The molecule has 0 N–H and O–H groups in total. The number of aromatic nitrogens is 2. The van der Waals surface area contributed by atoms with E-state index in [1.807, 2.05) is 13.0 Å². The van der Waals surface area contributed by atoms with Crippen molar-refractivity contribution >= 4 is 16.6 Å². The van der Waals surface area contributed by atoms with E-state index in [1.165, 1.54) is 12.3 Å². The van der Waals surface area contributed by atoms with Gasteiger partial charge < -0.3 is 9.64 Å². The summed E-state index contributed by atoms with van der Waals surface area (Å²) >= 11 is 0. The van der Waals surface area contributed by atoms with Gasteiger partial charge in [0.1, 0.15) is 6.61 Å². The van der Waals surface area contributed by atoms with Gasteiger partial charge in [-0.1, -0.05) is 0 Å². The van der Waals surface area contributed by atoms with Crippen molar-refractivity contribution in [3.63, 3.8) is 0 Å². The zero-order chi connectivity index (χ0) is 18.1. The van der Waals surface area contributed by atoms with Gasteiger partial charge in [-0.25, -0.2) is 9.37 Å². The largest absolute Gasteiger partial charge is 0.486 e. The zero-order valence-electron chi connectivity index (χ0n) is 14.5. The van der Waals surface area contributed by atoms with Gasteiger partial charge in [0.25, 0.3) is 0 Å². The minimum atomic E-state index is -0.612. The summed E-state index contributed by atoms with van der Waals surface area (Å²) in [5.41, 5.74) is 2.83. The summed E-state index contributed by atoms with van der Waals surface area (Å²) < 4.78 is 33.7. The molecule has 0 radical (unpaired) electrons. The number of anilines is 1. The Bertz CT molecular complexity index is 955. The smallest absolute Gasteiger partial charge is 0.219 e. The summed E-state index contributed by atoms with van der Waals surface area (Å²) in [4.78, 5) is 10.4. The van der Waals surface area contributed by atoms with Crippen molar-refractivity contribution in [2.75, 3.05) is 18.0 Å². The number of pyridine rings is 2. The zero-order valence-corrected chi connectivity index (χ0v) is 14.5. The van der Waals surface area contributed by atoms with E-state index in [9.17, 15) is 8.78 Å². The summed E-state index contributed by atoms with van der Waals surface area (Å²) in [6.07, 6.45) is 3.65. The molecule has 26 heavy (non-hydrogen) atoms. The molecular formula is C20H19F2N3O. The van der Waals surface area contributed by atoms with Gasteiger partial charge in [-0.3, -0.25) is 4.98 Å². The molecule has 4 nitrogen and oxygen atoms in total. The molecule has 6 heteroatoms. The number of rotatable bonds is 4. The van der Waals surface area contributed by atoms with E-state index in [1.54, 1.807) is 18.2 Å². The molecule has 3 heterocycles. The second kappa shape index (κ2) is 6.86. The van der Waals surface area contributed by atoms with Gasteiger partial charge in [0.2, 0.25) is 5.95 Å². The third kappa shape index (κ3) is 3.19. The maximum absolute atomic E-state index is 14.6. The van der Waals surface area contributed by atoms with E-state index in [0.29, 0.717) is 5.52 Å². The highest BCUT2D eigenvalue weighted by molar-refractivity contribution is 5.93. The molecule has 2 aromatic heterocycles. The van der Waals surface area contributed by atoms with Crippen molar-refractivity contribution in [3.8, 4) is 5.75 Å². The molecule has 1 fully saturated rings. The lowest BCUT2D eigenvalue weighted by atomic mass is 10.1. The van der Waals surface area contributed by atoms with Crippen LogP contribution < -0.4 is 9.64 Å². The van der Waals surface area contributed by atoms with E-state index in [2.05, 4.69) is 14.9 Å². The lowest BCUT2D eigenvalue weighted by Crippen LogP contribution is -2.18. The Balaban J connectivity index is 1.69. The first kappa shape index (κ1) is 16.7. The standard InChI is InChI=1S/C20H19F2N3O/c1-13-9-18(25-7-2-3-8-25)15-10-16(21)19(11-17(15)24-13)26-12-14-5-4-6-23-20(14)22/h4-6,9-11H,2-3,7-8,12H2,1H3. The highest BCUT2D eigenvalue weighted by Gasteiger charge is 2.18. The normalized spacial score (nSPS) is 14.2. The minimum Gasteiger partial charge on any atom is -0.486 e. The molecule has 1 aromatic carbocycles. The third-order valence-corrected chi connectivity index (χ3v) is 4.63. The SMILES string of the molecule is Cc1cc(N2CCCC2)c2cc(F)c(OCc3cccnc3F)cc2n1. The molecule has 0 aliphatic carbocycles. The summed E-state index contributed by atoms with van der Waals surface area (Å²) in [5, 5.41) is 0.773. The van der Waals surface area contributed by atoms with Gasteiger partial charge in [0.15, 0.2) is 11.6 Å². The monoisotopic (exact) mass is 355 g/mol. The first-order valence-electron chi connectivity index (χ1n) is 8.70. The van der Waals surface area contributed by atoms with Gasteiger partial charge in [-0.2, -0.15) is 4.39 Å². The van der Waals surface area contributed by atoms with Crippen molar-refractivity contribution in [2.24, 2.45) is 0 Å². The molecule has 0 spiro atoms. The molecule has 0 bridgehead atoms. The molecule has 0 amide bonds.